The number of anilines is 1. The molecule has 1 atom stereocenters. The Morgan fingerprint density at radius 2 is 2.47 bits per heavy atom. The molecule has 1 aliphatic carbocycles. The van der Waals surface area contributed by atoms with Gasteiger partial charge in [-0.1, -0.05) is 0 Å². The summed E-state index contributed by atoms with van der Waals surface area (Å²) in [6.07, 6.45) is 2.45. The van der Waals surface area contributed by atoms with Crippen LogP contribution in [-0.2, 0) is 0 Å². The minimum atomic E-state index is -0.174. The second-order valence-electron chi connectivity index (χ2n) is 3.71. The Labute approximate surface area is 101 Å². The van der Waals surface area contributed by atoms with Gasteiger partial charge >= 0.3 is 6.03 Å². The molecule has 1 saturated carbocycles. The maximum absolute atomic E-state index is 11.5. The molecule has 1 aromatic heterocycles. The molecule has 0 spiro atoms. The van der Waals surface area contributed by atoms with E-state index in [2.05, 4.69) is 31.5 Å². The highest BCUT2D eigenvalue weighted by atomic mass is 79.9. The van der Waals surface area contributed by atoms with E-state index < -0.39 is 0 Å². The summed E-state index contributed by atoms with van der Waals surface area (Å²) < 4.78 is 0.771. The summed E-state index contributed by atoms with van der Waals surface area (Å²) >= 11 is 4.69. The Bertz CT molecular complexity index is 364. The fraction of sp³-hybridized carbons (Fsp3) is 0.556. The molecule has 0 aromatic carbocycles. The highest BCUT2D eigenvalue weighted by molar-refractivity contribution is 9.11. The maximum atomic E-state index is 11.5. The quantitative estimate of drug-likeness (QED) is 0.899. The summed E-state index contributed by atoms with van der Waals surface area (Å²) in [6, 6.07) is 0.0827. The Hall–Kier alpha value is -0.620. The average molecular weight is 290 g/mol. The van der Waals surface area contributed by atoms with Crippen LogP contribution in [0.4, 0.5) is 10.6 Å². The average Bonchev–Trinajstić information content (AvgIpc) is 2.92. The molecule has 15 heavy (non-hydrogen) atoms. The van der Waals surface area contributed by atoms with Crippen LogP contribution in [0, 0.1) is 5.92 Å². The lowest BCUT2D eigenvalue weighted by Gasteiger charge is -2.12. The summed E-state index contributed by atoms with van der Waals surface area (Å²) in [7, 11) is 0. The van der Waals surface area contributed by atoms with Crippen molar-refractivity contribution in [2.75, 3.05) is 5.32 Å². The van der Waals surface area contributed by atoms with Crippen molar-refractivity contribution in [3.05, 3.63) is 9.30 Å². The maximum Gasteiger partial charge on any atom is 0.320 e. The Morgan fingerprint density at radius 1 is 1.73 bits per heavy atom. The minimum absolute atomic E-state index is 0.174. The first-order valence-corrected chi connectivity index (χ1v) is 6.51. The number of nitrogens with one attached hydrogen (secondary N) is 2. The number of aromatic nitrogens is 1. The highest BCUT2D eigenvalue weighted by Gasteiger charge is 2.28. The van der Waals surface area contributed by atoms with Crippen LogP contribution >= 0.6 is 27.3 Å². The van der Waals surface area contributed by atoms with Crippen LogP contribution < -0.4 is 10.6 Å². The molecule has 1 aromatic rings. The van der Waals surface area contributed by atoms with Crippen LogP contribution in [0.25, 0.3) is 0 Å². The molecule has 82 valence electrons. The third-order valence-electron chi connectivity index (χ3n) is 2.41. The van der Waals surface area contributed by atoms with E-state index in [1.54, 1.807) is 5.38 Å². The largest absolute Gasteiger partial charge is 0.335 e. The van der Waals surface area contributed by atoms with Gasteiger partial charge in [-0.15, -0.1) is 11.3 Å². The first kappa shape index (κ1) is 10.9. The number of amides is 2. The van der Waals surface area contributed by atoms with Crippen molar-refractivity contribution in [3.8, 4) is 0 Å². The second-order valence-corrected chi connectivity index (χ2v) is 5.84. The summed E-state index contributed by atoms with van der Waals surface area (Å²) in [5.74, 6) is 1.25. The van der Waals surface area contributed by atoms with E-state index in [1.807, 2.05) is 6.92 Å². The monoisotopic (exact) mass is 289 g/mol. The lowest BCUT2D eigenvalue weighted by atomic mass is 10.2. The molecule has 2 amide bonds. The van der Waals surface area contributed by atoms with Gasteiger partial charge in [0.25, 0.3) is 0 Å². The molecular formula is C9H12BrN3OS. The number of thiazole rings is 1. The molecule has 6 heteroatoms. The zero-order valence-electron chi connectivity index (χ0n) is 8.29. The van der Waals surface area contributed by atoms with Crippen LogP contribution in [0.3, 0.4) is 0 Å². The van der Waals surface area contributed by atoms with Gasteiger partial charge in [0.2, 0.25) is 0 Å². The van der Waals surface area contributed by atoms with Gasteiger partial charge in [-0.2, -0.15) is 0 Å². The highest BCUT2D eigenvalue weighted by Crippen LogP contribution is 2.32. The van der Waals surface area contributed by atoms with Gasteiger partial charge in [0.15, 0.2) is 3.92 Å². The number of carbonyl (C=O) groups excluding carboxylic acids is 1. The van der Waals surface area contributed by atoms with E-state index in [0.29, 0.717) is 11.7 Å². The standard InChI is InChI=1S/C9H12BrN3OS/c1-5(6-2-3-6)11-9(14)13-7-4-15-8(10)12-7/h4-6H,2-3H2,1H3,(H2,11,13,14)/t5-/m0/s1. The Balaban J connectivity index is 1.81. The fourth-order valence-corrected chi connectivity index (χ4v) is 2.33. The normalized spacial score (nSPS) is 17.2. The lowest BCUT2D eigenvalue weighted by Crippen LogP contribution is -2.37. The lowest BCUT2D eigenvalue weighted by molar-refractivity contribution is 0.248. The molecule has 1 fully saturated rings. The number of nitrogens with zero attached hydrogens (tertiary/aromatic N) is 1. The summed E-state index contributed by atoms with van der Waals surface area (Å²) in [6.45, 7) is 2.04. The van der Waals surface area contributed by atoms with Crippen molar-refractivity contribution in [1.29, 1.82) is 0 Å². The number of hydrogen-bond donors (Lipinski definition) is 2. The van der Waals surface area contributed by atoms with Crippen molar-refractivity contribution < 1.29 is 4.79 Å². The van der Waals surface area contributed by atoms with Crippen LogP contribution in [-0.4, -0.2) is 17.1 Å². The number of carbonyl (C=O) groups is 1. The number of hydrogen-bond acceptors (Lipinski definition) is 3. The van der Waals surface area contributed by atoms with Gasteiger partial charge in [-0.3, -0.25) is 5.32 Å². The molecule has 0 radical (unpaired) electrons. The smallest absolute Gasteiger partial charge is 0.320 e. The van der Waals surface area contributed by atoms with Crippen LogP contribution in [0.15, 0.2) is 9.30 Å². The van der Waals surface area contributed by atoms with Gasteiger partial charge in [-0.25, -0.2) is 9.78 Å². The molecule has 2 N–H and O–H groups in total. The number of rotatable bonds is 3. The molecule has 0 bridgehead atoms. The zero-order chi connectivity index (χ0) is 10.8. The zero-order valence-corrected chi connectivity index (χ0v) is 10.7. The first-order valence-electron chi connectivity index (χ1n) is 4.83. The summed E-state index contributed by atoms with van der Waals surface area (Å²) in [5.41, 5.74) is 0. The SMILES string of the molecule is C[C@H](NC(=O)Nc1csc(Br)n1)C1CC1. The van der Waals surface area contributed by atoms with E-state index in [1.165, 1.54) is 24.2 Å². The molecule has 0 unspecified atom stereocenters. The number of urea groups is 1. The van der Waals surface area contributed by atoms with Crippen LogP contribution in [0.5, 0.6) is 0 Å². The van der Waals surface area contributed by atoms with Gasteiger partial charge in [0.1, 0.15) is 5.82 Å². The fourth-order valence-electron chi connectivity index (χ4n) is 1.38. The van der Waals surface area contributed by atoms with Crippen molar-refractivity contribution in [1.82, 2.24) is 10.3 Å². The van der Waals surface area contributed by atoms with E-state index in [9.17, 15) is 4.79 Å². The third-order valence-corrected chi connectivity index (χ3v) is 3.77. The van der Waals surface area contributed by atoms with Crippen molar-refractivity contribution in [2.24, 2.45) is 5.92 Å². The van der Waals surface area contributed by atoms with Gasteiger partial charge in [0.05, 0.1) is 0 Å². The van der Waals surface area contributed by atoms with Crippen molar-refractivity contribution in [2.45, 2.75) is 25.8 Å². The summed E-state index contributed by atoms with van der Waals surface area (Å²) in [4.78, 5) is 15.6. The minimum Gasteiger partial charge on any atom is -0.335 e. The van der Waals surface area contributed by atoms with E-state index in [-0.39, 0.29) is 12.1 Å². The molecule has 0 aliphatic heterocycles. The molecule has 4 nitrogen and oxygen atoms in total. The molecular weight excluding hydrogens is 278 g/mol. The Kier molecular flexibility index (Phi) is 3.25. The van der Waals surface area contributed by atoms with Crippen molar-refractivity contribution in [3.63, 3.8) is 0 Å². The number of halogens is 1. The third kappa shape index (κ3) is 3.17. The van der Waals surface area contributed by atoms with Gasteiger partial charge in [-0.05, 0) is 41.6 Å². The predicted molar refractivity (Wildman–Crippen MR) is 64.2 cm³/mol. The van der Waals surface area contributed by atoms with E-state index in [4.69, 9.17) is 0 Å². The van der Waals surface area contributed by atoms with Gasteiger partial charge < -0.3 is 5.32 Å². The van der Waals surface area contributed by atoms with E-state index in [0.717, 1.165) is 3.92 Å². The molecule has 1 heterocycles. The van der Waals surface area contributed by atoms with Crippen LogP contribution in [0.1, 0.15) is 19.8 Å². The Morgan fingerprint density at radius 3 is 3.00 bits per heavy atom. The molecule has 0 saturated heterocycles. The molecule has 1 aliphatic rings. The molecule has 2 rings (SSSR count). The van der Waals surface area contributed by atoms with Crippen molar-refractivity contribution >= 4 is 39.1 Å². The summed E-state index contributed by atoms with van der Waals surface area (Å²) in [5, 5.41) is 7.39. The van der Waals surface area contributed by atoms with Gasteiger partial charge in [0, 0.05) is 11.4 Å². The van der Waals surface area contributed by atoms with Crippen LogP contribution in [0.2, 0.25) is 0 Å². The second kappa shape index (κ2) is 4.49. The van der Waals surface area contributed by atoms with E-state index >= 15 is 0 Å². The first-order chi connectivity index (χ1) is 7.15. The topological polar surface area (TPSA) is 54.0 Å². The predicted octanol–water partition coefficient (Wildman–Crippen LogP) is 2.83.